The number of fused-ring (bicyclic) bond motifs is 2. The summed E-state index contributed by atoms with van der Waals surface area (Å²) in [7, 11) is 0. The zero-order valence-corrected chi connectivity index (χ0v) is 12.9. The van der Waals surface area contributed by atoms with Crippen molar-refractivity contribution in [3.63, 3.8) is 0 Å². The van der Waals surface area contributed by atoms with Gasteiger partial charge in [-0.3, -0.25) is 0 Å². The Balaban J connectivity index is 2.08. The summed E-state index contributed by atoms with van der Waals surface area (Å²) < 4.78 is 5.92. The summed E-state index contributed by atoms with van der Waals surface area (Å²) in [4.78, 5) is 0. The van der Waals surface area contributed by atoms with Gasteiger partial charge in [-0.15, -0.1) is 0 Å². The van der Waals surface area contributed by atoms with Crippen LogP contribution in [0.4, 0.5) is 0 Å². The van der Waals surface area contributed by atoms with Crippen molar-refractivity contribution in [3.05, 3.63) is 34.4 Å². The predicted molar refractivity (Wildman–Crippen MR) is 81.0 cm³/mol. The van der Waals surface area contributed by atoms with Gasteiger partial charge >= 0.3 is 0 Å². The topological polar surface area (TPSA) is 29.5 Å². The lowest BCUT2D eigenvalue weighted by Gasteiger charge is -2.39. The van der Waals surface area contributed by atoms with Crippen LogP contribution in [0.15, 0.2) is 12.1 Å². The second-order valence-electron chi connectivity index (χ2n) is 6.56. The van der Waals surface area contributed by atoms with Gasteiger partial charge in [-0.05, 0) is 49.3 Å². The molecule has 0 spiro atoms. The molecule has 1 N–H and O–H groups in total. The summed E-state index contributed by atoms with van der Waals surface area (Å²) >= 11 is 0. The van der Waals surface area contributed by atoms with Crippen molar-refractivity contribution in [1.29, 1.82) is 0 Å². The average molecular weight is 274 g/mol. The molecule has 110 valence electrons. The maximum absolute atomic E-state index is 11.4. The monoisotopic (exact) mass is 274 g/mol. The summed E-state index contributed by atoms with van der Waals surface area (Å²) in [6, 6.07) is 4.51. The standard InChI is InChI=1S/C18H26O2/c1-4-13-8-12(3)9-14(5-2)17(13)18(19)10-15-6-7-16(11-18)20-15/h8-9,15-16,19H,4-7,10-11H2,1-3H3. The summed E-state index contributed by atoms with van der Waals surface area (Å²) in [6.45, 7) is 6.53. The van der Waals surface area contributed by atoms with E-state index in [4.69, 9.17) is 4.74 Å². The molecule has 3 rings (SSSR count). The second kappa shape index (κ2) is 5.16. The van der Waals surface area contributed by atoms with E-state index >= 15 is 0 Å². The quantitative estimate of drug-likeness (QED) is 0.911. The molecule has 0 aliphatic carbocycles. The van der Waals surface area contributed by atoms with E-state index in [0.29, 0.717) is 0 Å². The summed E-state index contributed by atoms with van der Waals surface area (Å²) in [5.41, 5.74) is 4.50. The molecule has 0 radical (unpaired) electrons. The molecule has 2 nitrogen and oxygen atoms in total. The first kappa shape index (κ1) is 14.1. The Bertz CT molecular complexity index is 469. The molecule has 2 bridgehead atoms. The van der Waals surface area contributed by atoms with E-state index in [1.165, 1.54) is 22.3 Å². The molecule has 2 heteroatoms. The zero-order valence-electron chi connectivity index (χ0n) is 12.9. The largest absolute Gasteiger partial charge is 0.385 e. The highest BCUT2D eigenvalue weighted by Crippen LogP contribution is 2.46. The van der Waals surface area contributed by atoms with Gasteiger partial charge in [0.2, 0.25) is 0 Å². The first-order chi connectivity index (χ1) is 9.55. The molecule has 0 aromatic heterocycles. The molecule has 1 aromatic carbocycles. The van der Waals surface area contributed by atoms with Gasteiger partial charge in [0.15, 0.2) is 0 Å². The zero-order chi connectivity index (χ0) is 14.3. The van der Waals surface area contributed by atoms with Crippen molar-refractivity contribution in [2.75, 3.05) is 0 Å². The minimum absolute atomic E-state index is 0.259. The van der Waals surface area contributed by atoms with E-state index < -0.39 is 5.60 Å². The number of benzene rings is 1. The lowest BCUT2D eigenvalue weighted by atomic mass is 9.77. The molecule has 1 aromatic rings. The third kappa shape index (κ3) is 2.29. The van der Waals surface area contributed by atoms with Gasteiger partial charge < -0.3 is 9.84 Å². The third-order valence-corrected chi connectivity index (χ3v) is 5.00. The van der Waals surface area contributed by atoms with Crippen molar-refractivity contribution >= 4 is 0 Å². The molecule has 2 heterocycles. The lowest BCUT2D eigenvalue weighted by molar-refractivity contribution is -0.116. The van der Waals surface area contributed by atoms with E-state index in [1.807, 2.05) is 0 Å². The van der Waals surface area contributed by atoms with Crippen LogP contribution in [-0.4, -0.2) is 17.3 Å². The number of aryl methyl sites for hydroxylation is 3. The molecular formula is C18H26O2. The fourth-order valence-corrected chi connectivity index (χ4v) is 4.22. The van der Waals surface area contributed by atoms with Crippen LogP contribution < -0.4 is 0 Å². The number of aliphatic hydroxyl groups is 1. The van der Waals surface area contributed by atoms with Crippen molar-refractivity contribution in [2.45, 2.75) is 77.1 Å². The van der Waals surface area contributed by atoms with Crippen LogP contribution in [0, 0.1) is 6.92 Å². The Morgan fingerprint density at radius 2 is 1.60 bits per heavy atom. The highest BCUT2D eigenvalue weighted by Gasteiger charge is 2.46. The van der Waals surface area contributed by atoms with Crippen LogP contribution in [0.3, 0.4) is 0 Å². The Kier molecular flexibility index (Phi) is 3.64. The summed E-state index contributed by atoms with van der Waals surface area (Å²) in [6.07, 6.45) is 6.26. The third-order valence-electron chi connectivity index (χ3n) is 5.00. The minimum atomic E-state index is -0.672. The second-order valence-corrected chi connectivity index (χ2v) is 6.56. The molecule has 2 saturated heterocycles. The van der Waals surface area contributed by atoms with Gasteiger partial charge in [-0.25, -0.2) is 0 Å². The maximum Gasteiger partial charge on any atom is 0.0951 e. The molecule has 2 unspecified atom stereocenters. The van der Waals surface area contributed by atoms with Gasteiger partial charge in [0.1, 0.15) is 0 Å². The van der Waals surface area contributed by atoms with Crippen molar-refractivity contribution in [1.82, 2.24) is 0 Å². The summed E-state index contributed by atoms with van der Waals surface area (Å²) in [5.74, 6) is 0. The van der Waals surface area contributed by atoms with E-state index in [2.05, 4.69) is 32.9 Å². The Hall–Kier alpha value is -0.860. The van der Waals surface area contributed by atoms with Crippen molar-refractivity contribution < 1.29 is 9.84 Å². The first-order valence-electron chi connectivity index (χ1n) is 8.06. The van der Waals surface area contributed by atoms with Gasteiger partial charge in [0, 0.05) is 12.8 Å². The Morgan fingerprint density at radius 3 is 2.05 bits per heavy atom. The molecule has 20 heavy (non-hydrogen) atoms. The lowest BCUT2D eigenvalue weighted by Crippen LogP contribution is -2.40. The van der Waals surface area contributed by atoms with Crippen LogP contribution >= 0.6 is 0 Å². The van der Waals surface area contributed by atoms with Crippen LogP contribution in [0.2, 0.25) is 0 Å². The number of ether oxygens (including phenoxy) is 1. The van der Waals surface area contributed by atoms with Crippen LogP contribution in [0.1, 0.15) is 61.8 Å². The fourth-order valence-electron chi connectivity index (χ4n) is 4.22. The fraction of sp³-hybridized carbons (Fsp3) is 0.667. The average Bonchev–Trinajstić information content (AvgIpc) is 2.77. The number of rotatable bonds is 3. The first-order valence-corrected chi connectivity index (χ1v) is 8.06. The van der Waals surface area contributed by atoms with Crippen LogP contribution in [0.5, 0.6) is 0 Å². The molecule has 0 amide bonds. The van der Waals surface area contributed by atoms with Crippen molar-refractivity contribution in [3.8, 4) is 0 Å². The van der Waals surface area contributed by atoms with Gasteiger partial charge in [-0.2, -0.15) is 0 Å². The smallest absolute Gasteiger partial charge is 0.0951 e. The van der Waals surface area contributed by atoms with Crippen LogP contribution in [-0.2, 0) is 23.2 Å². The van der Waals surface area contributed by atoms with E-state index in [-0.39, 0.29) is 12.2 Å². The number of hydrogen-bond acceptors (Lipinski definition) is 2. The maximum atomic E-state index is 11.4. The van der Waals surface area contributed by atoms with Gasteiger partial charge in [0.25, 0.3) is 0 Å². The highest BCUT2D eigenvalue weighted by atomic mass is 16.5. The predicted octanol–water partition coefficient (Wildman–Crippen LogP) is 3.65. The molecule has 0 saturated carbocycles. The van der Waals surface area contributed by atoms with Gasteiger partial charge in [0.05, 0.1) is 17.8 Å². The van der Waals surface area contributed by atoms with Gasteiger partial charge in [-0.1, -0.05) is 31.5 Å². The molecule has 2 fully saturated rings. The Morgan fingerprint density at radius 1 is 1.10 bits per heavy atom. The molecular weight excluding hydrogens is 248 g/mol. The molecule has 2 aliphatic heterocycles. The van der Waals surface area contributed by atoms with E-state index in [0.717, 1.165) is 38.5 Å². The summed E-state index contributed by atoms with van der Waals surface area (Å²) in [5, 5.41) is 11.4. The molecule has 2 aliphatic rings. The van der Waals surface area contributed by atoms with E-state index in [1.54, 1.807) is 0 Å². The minimum Gasteiger partial charge on any atom is -0.385 e. The van der Waals surface area contributed by atoms with E-state index in [9.17, 15) is 5.11 Å². The van der Waals surface area contributed by atoms with Crippen LogP contribution in [0.25, 0.3) is 0 Å². The highest BCUT2D eigenvalue weighted by molar-refractivity contribution is 5.43. The SMILES string of the molecule is CCc1cc(C)cc(CC)c1C1(O)CC2CCC(C1)O2. The van der Waals surface area contributed by atoms with Crippen molar-refractivity contribution in [2.24, 2.45) is 0 Å². The molecule has 2 atom stereocenters. The normalized spacial score (nSPS) is 32.6. The number of hydrogen-bond donors (Lipinski definition) is 1. The Labute approximate surface area is 122 Å².